The zero-order valence-electron chi connectivity index (χ0n) is 23.3. The minimum atomic E-state index is -4.86. The molecule has 1 fully saturated rings. The minimum Gasteiger partial charge on any atom is -0.444 e. The molecular formula is C29H22Cl3F6N3O4. The summed E-state index contributed by atoms with van der Waals surface area (Å²) in [5, 5.41) is 6.43. The maximum atomic E-state index is 15.1. The Balaban J connectivity index is 1.52. The molecule has 3 aromatic rings. The van der Waals surface area contributed by atoms with E-state index in [4.69, 9.17) is 39.5 Å². The van der Waals surface area contributed by atoms with Crippen molar-refractivity contribution in [3.05, 3.63) is 87.7 Å². The van der Waals surface area contributed by atoms with Crippen LogP contribution in [0.5, 0.6) is 0 Å². The van der Waals surface area contributed by atoms with E-state index in [-0.39, 0.29) is 21.8 Å². The average molecular weight is 697 g/mol. The fourth-order valence-corrected chi connectivity index (χ4v) is 5.41. The molecule has 0 aromatic heterocycles. The van der Waals surface area contributed by atoms with Crippen LogP contribution in [0, 0.1) is 23.4 Å². The first-order valence-electron chi connectivity index (χ1n) is 12.8. The van der Waals surface area contributed by atoms with Crippen LogP contribution in [-0.2, 0) is 15.7 Å². The lowest BCUT2D eigenvalue weighted by molar-refractivity contribution is -0.137. The van der Waals surface area contributed by atoms with Gasteiger partial charge in [-0.25, -0.2) is 18.0 Å². The quantitative estimate of drug-likeness (QED) is 0.177. The number of hydrogen-bond acceptors (Lipinski definition) is 4. The molecule has 0 unspecified atom stereocenters. The highest BCUT2D eigenvalue weighted by Crippen LogP contribution is 2.65. The van der Waals surface area contributed by atoms with Crippen LogP contribution in [-0.4, -0.2) is 27.8 Å². The van der Waals surface area contributed by atoms with Gasteiger partial charge in [0, 0.05) is 11.6 Å². The minimum absolute atomic E-state index is 0.0357. The first-order chi connectivity index (χ1) is 20.7. The molecule has 240 valence electrons. The molecule has 16 heteroatoms. The van der Waals surface area contributed by atoms with Crippen molar-refractivity contribution in [2.24, 2.45) is 5.92 Å². The summed E-state index contributed by atoms with van der Waals surface area (Å²) in [5.74, 6) is -8.05. The molecule has 0 bridgehead atoms. The van der Waals surface area contributed by atoms with Gasteiger partial charge in [-0.2, -0.15) is 13.2 Å². The van der Waals surface area contributed by atoms with E-state index < -0.39 is 80.2 Å². The summed E-state index contributed by atoms with van der Waals surface area (Å²) in [6, 6.07) is 7.01. The number of amides is 3. The summed E-state index contributed by atoms with van der Waals surface area (Å²) in [7, 11) is 0. The zero-order chi connectivity index (χ0) is 33.6. The molecule has 3 amide bonds. The summed E-state index contributed by atoms with van der Waals surface area (Å²) in [4.78, 5) is 38.1. The van der Waals surface area contributed by atoms with Crippen molar-refractivity contribution in [2.45, 2.75) is 42.8 Å². The molecule has 3 N–H and O–H groups in total. The standard InChI is InChI=1S/C29H22Cl3F6N3O4/c1-27(2,3)45-26(44)41-23-18(34)6-7-19(22(23)35)40-24(42)16-11-15(4-5-17(16)30)39-25(43)21-20(28(21,31)32)12-8-13(29(36,37)38)10-14(33)9-12/h4-11,20-21H,1-3H3,(H,39,43)(H,40,42)(H,41,44)/t20-,21+/m0/s1. The average Bonchev–Trinajstić information content (AvgIpc) is 3.49. The summed E-state index contributed by atoms with van der Waals surface area (Å²) in [5.41, 5.74) is -4.25. The van der Waals surface area contributed by atoms with Gasteiger partial charge in [0.2, 0.25) is 5.91 Å². The van der Waals surface area contributed by atoms with E-state index in [1.165, 1.54) is 12.1 Å². The summed E-state index contributed by atoms with van der Waals surface area (Å²) in [6.45, 7) is 4.62. The molecule has 1 aliphatic rings. The molecule has 2 atom stereocenters. The molecule has 0 saturated heterocycles. The SMILES string of the molecule is CC(C)(C)OC(=O)Nc1c(F)ccc(NC(=O)c2cc(NC(=O)[C@H]3[C@H](c4cc(F)cc(C(F)(F)F)c4)C3(Cl)Cl)ccc2Cl)c1F. The maximum absolute atomic E-state index is 15.1. The maximum Gasteiger partial charge on any atom is 0.416 e. The molecule has 1 saturated carbocycles. The van der Waals surface area contributed by atoms with Gasteiger partial charge in [-0.15, -0.1) is 23.2 Å². The van der Waals surface area contributed by atoms with E-state index in [0.717, 1.165) is 24.3 Å². The third-order valence-electron chi connectivity index (χ3n) is 6.39. The van der Waals surface area contributed by atoms with Crippen molar-refractivity contribution < 1.29 is 45.5 Å². The first kappa shape index (κ1) is 34.2. The number of halogens is 9. The van der Waals surface area contributed by atoms with Crippen molar-refractivity contribution >= 4 is 69.8 Å². The summed E-state index contributed by atoms with van der Waals surface area (Å²) >= 11 is 18.6. The topological polar surface area (TPSA) is 96.5 Å². The zero-order valence-corrected chi connectivity index (χ0v) is 25.6. The van der Waals surface area contributed by atoms with Gasteiger partial charge in [-0.3, -0.25) is 14.9 Å². The molecule has 4 rings (SSSR count). The fraction of sp³-hybridized carbons (Fsp3) is 0.276. The second-order valence-electron chi connectivity index (χ2n) is 10.9. The normalized spacial score (nSPS) is 17.3. The van der Waals surface area contributed by atoms with Gasteiger partial charge in [0.15, 0.2) is 5.82 Å². The Morgan fingerprint density at radius 2 is 1.56 bits per heavy atom. The predicted molar refractivity (Wildman–Crippen MR) is 156 cm³/mol. The molecule has 7 nitrogen and oxygen atoms in total. The number of carbonyl (C=O) groups excluding carboxylic acids is 3. The molecule has 0 spiro atoms. The van der Waals surface area contributed by atoms with Gasteiger partial charge >= 0.3 is 12.3 Å². The number of anilines is 3. The van der Waals surface area contributed by atoms with Crippen molar-refractivity contribution in [1.29, 1.82) is 0 Å². The van der Waals surface area contributed by atoms with Crippen molar-refractivity contribution in [3.63, 3.8) is 0 Å². The number of hydrogen-bond donors (Lipinski definition) is 3. The third-order valence-corrected chi connectivity index (χ3v) is 7.66. The van der Waals surface area contributed by atoms with E-state index in [0.29, 0.717) is 12.1 Å². The van der Waals surface area contributed by atoms with Gasteiger partial charge in [0.1, 0.15) is 27.3 Å². The summed E-state index contributed by atoms with van der Waals surface area (Å²) < 4.78 is 86.0. The lowest BCUT2D eigenvalue weighted by Gasteiger charge is -2.20. The van der Waals surface area contributed by atoms with E-state index in [1.807, 2.05) is 5.32 Å². The van der Waals surface area contributed by atoms with Crippen LogP contribution in [0.4, 0.5) is 48.2 Å². The molecular weight excluding hydrogens is 675 g/mol. The monoisotopic (exact) mass is 695 g/mol. The smallest absolute Gasteiger partial charge is 0.416 e. The van der Waals surface area contributed by atoms with Crippen LogP contribution < -0.4 is 16.0 Å². The van der Waals surface area contributed by atoms with Gasteiger partial charge in [-0.1, -0.05) is 11.6 Å². The van der Waals surface area contributed by atoms with Crippen LogP contribution in [0.2, 0.25) is 5.02 Å². The van der Waals surface area contributed by atoms with Crippen molar-refractivity contribution in [1.82, 2.24) is 0 Å². The molecule has 0 aliphatic heterocycles. The highest BCUT2D eigenvalue weighted by molar-refractivity contribution is 6.53. The van der Waals surface area contributed by atoms with Crippen LogP contribution in [0.1, 0.15) is 48.2 Å². The Kier molecular flexibility index (Phi) is 9.31. The Bertz CT molecular complexity index is 1690. The lowest BCUT2D eigenvalue weighted by Crippen LogP contribution is -2.28. The van der Waals surface area contributed by atoms with Crippen LogP contribution in [0.3, 0.4) is 0 Å². The highest BCUT2D eigenvalue weighted by atomic mass is 35.5. The number of rotatable bonds is 6. The van der Waals surface area contributed by atoms with E-state index in [2.05, 4.69) is 10.6 Å². The number of carbonyl (C=O) groups is 3. The number of benzene rings is 3. The number of ether oxygens (including phenoxy) is 1. The van der Waals surface area contributed by atoms with E-state index >= 15 is 4.39 Å². The van der Waals surface area contributed by atoms with Crippen LogP contribution in [0.25, 0.3) is 0 Å². The van der Waals surface area contributed by atoms with Gasteiger partial charge < -0.3 is 15.4 Å². The summed E-state index contributed by atoms with van der Waals surface area (Å²) in [6.07, 6.45) is -6.01. The fourth-order valence-electron chi connectivity index (χ4n) is 4.38. The second-order valence-corrected chi connectivity index (χ2v) is 12.8. The van der Waals surface area contributed by atoms with E-state index in [1.54, 1.807) is 20.8 Å². The molecule has 1 aliphatic carbocycles. The first-order valence-corrected chi connectivity index (χ1v) is 14.0. The van der Waals surface area contributed by atoms with Crippen LogP contribution >= 0.6 is 34.8 Å². The Morgan fingerprint density at radius 3 is 2.18 bits per heavy atom. The molecule has 45 heavy (non-hydrogen) atoms. The third kappa shape index (κ3) is 7.77. The predicted octanol–water partition coefficient (Wildman–Crippen LogP) is 8.90. The van der Waals surface area contributed by atoms with Crippen molar-refractivity contribution in [3.8, 4) is 0 Å². The lowest BCUT2D eigenvalue weighted by atomic mass is 10.0. The Morgan fingerprint density at radius 1 is 0.889 bits per heavy atom. The Labute approximate surface area is 267 Å². The van der Waals surface area contributed by atoms with Crippen LogP contribution in [0.15, 0.2) is 48.5 Å². The molecule has 0 heterocycles. The van der Waals surface area contributed by atoms with Gasteiger partial charge in [0.05, 0.1) is 27.8 Å². The number of nitrogens with one attached hydrogen (secondary N) is 3. The molecule has 0 radical (unpaired) electrons. The van der Waals surface area contributed by atoms with E-state index in [9.17, 15) is 36.3 Å². The number of alkyl halides is 5. The van der Waals surface area contributed by atoms with Gasteiger partial charge in [0.25, 0.3) is 5.91 Å². The molecule has 3 aromatic carbocycles. The van der Waals surface area contributed by atoms with Crippen molar-refractivity contribution in [2.75, 3.05) is 16.0 Å². The highest BCUT2D eigenvalue weighted by Gasteiger charge is 2.67. The Hall–Kier alpha value is -3.68. The van der Waals surface area contributed by atoms with Gasteiger partial charge in [-0.05, 0) is 74.9 Å². The largest absolute Gasteiger partial charge is 0.444 e. The second kappa shape index (κ2) is 12.3.